The number of likely N-dealkylation sites (tertiary alicyclic amines) is 1. The van der Waals surface area contributed by atoms with E-state index in [4.69, 9.17) is 10.5 Å². The number of hydrogen-bond acceptors (Lipinski definition) is 5. The van der Waals surface area contributed by atoms with E-state index in [0.717, 1.165) is 24.8 Å². The molecule has 29 heavy (non-hydrogen) atoms. The van der Waals surface area contributed by atoms with Crippen LogP contribution in [0, 0.1) is 0 Å². The molecule has 0 radical (unpaired) electrons. The van der Waals surface area contributed by atoms with Crippen molar-refractivity contribution in [1.82, 2.24) is 10.2 Å². The van der Waals surface area contributed by atoms with Crippen LogP contribution in [-0.4, -0.2) is 52.6 Å². The molecule has 160 valence electrons. The fourth-order valence-corrected chi connectivity index (χ4v) is 3.46. The van der Waals surface area contributed by atoms with Gasteiger partial charge in [-0.3, -0.25) is 14.5 Å². The second-order valence-electron chi connectivity index (χ2n) is 7.35. The van der Waals surface area contributed by atoms with Crippen LogP contribution >= 0.6 is 0 Å². The van der Waals surface area contributed by atoms with E-state index in [0.29, 0.717) is 25.8 Å². The highest BCUT2D eigenvalue weighted by molar-refractivity contribution is 5.87. The zero-order chi connectivity index (χ0) is 21.2. The van der Waals surface area contributed by atoms with Crippen LogP contribution in [0.1, 0.15) is 51.0 Å². The zero-order valence-electron chi connectivity index (χ0n) is 16.9. The van der Waals surface area contributed by atoms with Crippen LogP contribution in [0.2, 0.25) is 0 Å². The van der Waals surface area contributed by atoms with Crippen molar-refractivity contribution in [2.24, 2.45) is 5.73 Å². The molecule has 1 aromatic rings. The van der Waals surface area contributed by atoms with Gasteiger partial charge in [0, 0.05) is 6.54 Å². The number of primary amides is 1. The number of aliphatic hydroxyl groups excluding tert-OH is 1. The lowest BCUT2D eigenvalue weighted by atomic mass is 10.0. The topological polar surface area (TPSA) is 122 Å². The van der Waals surface area contributed by atoms with Crippen molar-refractivity contribution in [3.8, 4) is 0 Å². The third kappa shape index (κ3) is 6.74. The van der Waals surface area contributed by atoms with Crippen molar-refractivity contribution in [3.63, 3.8) is 0 Å². The third-order valence-corrected chi connectivity index (χ3v) is 5.11. The molecule has 1 fully saturated rings. The Kier molecular flexibility index (Phi) is 8.92. The molecular weight excluding hydrogens is 374 g/mol. The molecule has 8 heteroatoms. The Morgan fingerprint density at radius 1 is 1.28 bits per heavy atom. The Morgan fingerprint density at radius 2 is 2.00 bits per heavy atom. The first-order chi connectivity index (χ1) is 13.9. The molecule has 0 aliphatic carbocycles. The summed E-state index contributed by atoms with van der Waals surface area (Å²) in [5, 5.41) is 12.8. The first-order valence-corrected chi connectivity index (χ1v) is 10.2. The maximum absolute atomic E-state index is 12.8. The van der Waals surface area contributed by atoms with Crippen LogP contribution in [0.15, 0.2) is 30.3 Å². The summed E-state index contributed by atoms with van der Waals surface area (Å²) in [5.74, 6) is -1.28. The lowest BCUT2D eigenvalue weighted by molar-refractivity contribution is -0.131. The molecule has 1 unspecified atom stereocenters. The molecule has 1 aliphatic heterocycles. The van der Waals surface area contributed by atoms with Gasteiger partial charge in [-0.2, -0.15) is 0 Å². The van der Waals surface area contributed by atoms with Gasteiger partial charge in [0.05, 0.1) is 6.04 Å². The number of nitrogens with zero attached hydrogens (tertiary/aromatic N) is 1. The summed E-state index contributed by atoms with van der Waals surface area (Å²) in [6, 6.07) is 7.85. The summed E-state index contributed by atoms with van der Waals surface area (Å²) in [6.45, 7) is 2.59. The first kappa shape index (κ1) is 22.7. The molecule has 3 atom stereocenters. The summed E-state index contributed by atoms with van der Waals surface area (Å²) in [4.78, 5) is 38.1. The number of unbranched alkanes of at least 4 members (excludes halogenated alkanes) is 2. The van der Waals surface area contributed by atoms with Gasteiger partial charge in [-0.05, 0) is 24.8 Å². The number of benzene rings is 1. The van der Waals surface area contributed by atoms with Gasteiger partial charge >= 0.3 is 6.09 Å². The second-order valence-corrected chi connectivity index (χ2v) is 7.35. The fraction of sp³-hybridized carbons (Fsp3) is 0.571. The average molecular weight is 405 g/mol. The minimum atomic E-state index is -1.46. The molecule has 0 spiro atoms. The van der Waals surface area contributed by atoms with Gasteiger partial charge < -0.3 is 20.9 Å². The summed E-state index contributed by atoms with van der Waals surface area (Å²) in [5.41, 5.74) is 6.08. The number of carbonyl (C=O) groups is 3. The lowest BCUT2D eigenvalue weighted by Crippen LogP contribution is -2.54. The molecule has 8 nitrogen and oxygen atoms in total. The van der Waals surface area contributed by atoms with E-state index >= 15 is 0 Å². The summed E-state index contributed by atoms with van der Waals surface area (Å²) in [6.07, 6.45) is 2.24. The number of rotatable bonds is 10. The van der Waals surface area contributed by atoms with Crippen molar-refractivity contribution >= 4 is 17.9 Å². The monoisotopic (exact) mass is 405 g/mol. The average Bonchev–Trinajstić information content (AvgIpc) is 3.21. The highest BCUT2D eigenvalue weighted by atomic mass is 16.6. The summed E-state index contributed by atoms with van der Waals surface area (Å²) >= 11 is 0. The number of nitrogens with one attached hydrogen (secondary N) is 1. The SMILES string of the molecule is CCCCCC(NC(=O)[C@@H]1CCCN1C(=O)OCc1ccccc1)[C@H](O)C(N)=O. The molecule has 0 saturated carbocycles. The van der Waals surface area contributed by atoms with E-state index in [1.807, 2.05) is 37.3 Å². The van der Waals surface area contributed by atoms with Crippen molar-refractivity contribution in [2.75, 3.05) is 6.54 Å². The van der Waals surface area contributed by atoms with E-state index in [2.05, 4.69) is 5.32 Å². The van der Waals surface area contributed by atoms with Crippen LogP contribution in [0.25, 0.3) is 0 Å². The normalized spacial score (nSPS) is 18.1. The number of aliphatic hydroxyl groups is 1. The quantitative estimate of drug-likeness (QED) is 0.512. The lowest BCUT2D eigenvalue weighted by Gasteiger charge is -2.27. The van der Waals surface area contributed by atoms with Gasteiger partial charge in [-0.1, -0.05) is 56.5 Å². The molecule has 1 heterocycles. The van der Waals surface area contributed by atoms with Crippen molar-refractivity contribution in [1.29, 1.82) is 0 Å². The van der Waals surface area contributed by atoms with E-state index in [1.54, 1.807) is 0 Å². The molecule has 0 bridgehead atoms. The number of amides is 3. The molecule has 3 amide bonds. The Bertz CT molecular complexity index is 682. The highest BCUT2D eigenvalue weighted by Gasteiger charge is 2.37. The predicted octanol–water partition coefficient (Wildman–Crippen LogP) is 1.70. The van der Waals surface area contributed by atoms with Gasteiger partial charge in [0.25, 0.3) is 0 Å². The Balaban J connectivity index is 1.95. The third-order valence-electron chi connectivity index (χ3n) is 5.11. The van der Waals surface area contributed by atoms with Gasteiger partial charge in [0.2, 0.25) is 11.8 Å². The molecular formula is C21H31N3O5. The number of carbonyl (C=O) groups excluding carboxylic acids is 3. The number of nitrogens with two attached hydrogens (primary N) is 1. The number of ether oxygens (including phenoxy) is 1. The molecule has 1 aliphatic rings. The van der Waals surface area contributed by atoms with Crippen molar-refractivity contribution in [2.45, 2.75) is 70.2 Å². The van der Waals surface area contributed by atoms with Gasteiger partial charge in [-0.15, -0.1) is 0 Å². The second kappa shape index (κ2) is 11.4. The Labute approximate surface area is 171 Å². The van der Waals surface area contributed by atoms with E-state index < -0.39 is 36.1 Å². The summed E-state index contributed by atoms with van der Waals surface area (Å²) < 4.78 is 5.35. The smallest absolute Gasteiger partial charge is 0.410 e. The molecule has 2 rings (SSSR count). The van der Waals surface area contributed by atoms with Crippen LogP contribution in [0.5, 0.6) is 0 Å². The van der Waals surface area contributed by atoms with E-state index in [1.165, 1.54) is 4.90 Å². The van der Waals surface area contributed by atoms with Gasteiger partial charge in [0.1, 0.15) is 12.6 Å². The molecule has 1 aromatic carbocycles. The standard InChI is InChI=1S/C21H31N3O5/c1-2-3-5-11-16(18(25)19(22)26)23-20(27)17-12-8-13-24(17)21(28)29-14-15-9-6-4-7-10-15/h4,6-7,9-10,16-18,25H,2-3,5,8,11-14H2,1H3,(H2,22,26)(H,23,27)/t16?,17-,18-/m0/s1. The Morgan fingerprint density at radius 3 is 2.66 bits per heavy atom. The maximum Gasteiger partial charge on any atom is 0.410 e. The molecule has 1 saturated heterocycles. The van der Waals surface area contributed by atoms with E-state index in [-0.39, 0.29) is 6.61 Å². The molecule has 0 aromatic heterocycles. The van der Waals surface area contributed by atoms with Crippen LogP contribution < -0.4 is 11.1 Å². The Hall–Kier alpha value is -2.61. The minimum Gasteiger partial charge on any atom is -0.445 e. The van der Waals surface area contributed by atoms with Gasteiger partial charge in [-0.25, -0.2) is 4.79 Å². The van der Waals surface area contributed by atoms with Crippen LogP contribution in [-0.2, 0) is 20.9 Å². The minimum absolute atomic E-state index is 0.130. The van der Waals surface area contributed by atoms with Crippen molar-refractivity contribution in [3.05, 3.63) is 35.9 Å². The van der Waals surface area contributed by atoms with Gasteiger partial charge in [0.15, 0.2) is 6.10 Å². The highest BCUT2D eigenvalue weighted by Crippen LogP contribution is 2.20. The van der Waals surface area contributed by atoms with Crippen LogP contribution in [0.3, 0.4) is 0 Å². The van der Waals surface area contributed by atoms with Crippen molar-refractivity contribution < 1.29 is 24.2 Å². The maximum atomic E-state index is 12.8. The van der Waals surface area contributed by atoms with Crippen LogP contribution in [0.4, 0.5) is 4.79 Å². The predicted molar refractivity (Wildman–Crippen MR) is 108 cm³/mol. The summed E-state index contributed by atoms with van der Waals surface area (Å²) in [7, 11) is 0. The molecule has 4 N–H and O–H groups in total. The fourth-order valence-electron chi connectivity index (χ4n) is 3.46. The number of hydrogen-bond donors (Lipinski definition) is 3. The first-order valence-electron chi connectivity index (χ1n) is 10.2. The largest absolute Gasteiger partial charge is 0.445 e. The van der Waals surface area contributed by atoms with E-state index in [9.17, 15) is 19.5 Å². The zero-order valence-corrected chi connectivity index (χ0v) is 16.9.